The predicted octanol–water partition coefficient (Wildman–Crippen LogP) is 3.07. The van der Waals surface area contributed by atoms with Gasteiger partial charge in [0.15, 0.2) is 0 Å². The number of fused-ring (bicyclic) bond motifs is 2. The van der Waals surface area contributed by atoms with Gasteiger partial charge in [0.1, 0.15) is 0 Å². The highest BCUT2D eigenvalue weighted by atomic mass is 15.2. The van der Waals surface area contributed by atoms with E-state index in [0.29, 0.717) is 0 Å². The van der Waals surface area contributed by atoms with Crippen LogP contribution in [0.25, 0.3) is 0 Å². The Labute approximate surface area is 103 Å². The summed E-state index contributed by atoms with van der Waals surface area (Å²) in [6.07, 6.45) is 12.7. The van der Waals surface area contributed by atoms with Gasteiger partial charge in [0.05, 0.1) is 0 Å². The van der Waals surface area contributed by atoms with Crippen LogP contribution >= 0.6 is 0 Å². The second-order valence-electron chi connectivity index (χ2n) is 6.21. The zero-order valence-electron chi connectivity index (χ0n) is 10.3. The number of hydrogen-bond acceptors (Lipinski definition) is 2. The van der Waals surface area contributed by atoms with E-state index in [1.165, 1.54) is 38.5 Å². The second-order valence-corrected chi connectivity index (χ2v) is 6.21. The fourth-order valence-electron chi connectivity index (χ4n) is 3.95. The number of anilines is 1. The summed E-state index contributed by atoms with van der Waals surface area (Å²) in [7, 11) is 0. The molecular formula is C14H21N3. The second kappa shape index (κ2) is 3.76. The van der Waals surface area contributed by atoms with Gasteiger partial charge in [0.2, 0.25) is 5.95 Å². The minimum atomic E-state index is 0.736. The minimum absolute atomic E-state index is 0.736. The number of imidazole rings is 1. The van der Waals surface area contributed by atoms with Crippen molar-refractivity contribution in [3.63, 3.8) is 0 Å². The highest BCUT2D eigenvalue weighted by molar-refractivity contribution is 5.28. The SMILES string of the molecule is c1cn(C2CC2)c(NCC2CC3CCC2C3)n1. The summed E-state index contributed by atoms with van der Waals surface area (Å²) in [6, 6.07) is 0.736. The molecule has 1 heterocycles. The summed E-state index contributed by atoms with van der Waals surface area (Å²) in [6.45, 7) is 1.14. The van der Waals surface area contributed by atoms with Crippen LogP contribution < -0.4 is 5.32 Å². The summed E-state index contributed by atoms with van der Waals surface area (Å²) in [5.74, 6) is 4.08. The van der Waals surface area contributed by atoms with Crippen molar-refractivity contribution in [1.29, 1.82) is 0 Å². The van der Waals surface area contributed by atoms with Crippen LogP contribution in [0.5, 0.6) is 0 Å². The van der Waals surface area contributed by atoms with E-state index in [4.69, 9.17) is 0 Å². The van der Waals surface area contributed by atoms with E-state index < -0.39 is 0 Å². The maximum Gasteiger partial charge on any atom is 0.203 e. The average Bonchev–Trinajstić information content (AvgIpc) is 2.80. The number of nitrogens with zero attached hydrogens (tertiary/aromatic N) is 2. The summed E-state index contributed by atoms with van der Waals surface area (Å²) in [4.78, 5) is 4.45. The van der Waals surface area contributed by atoms with Crippen LogP contribution in [0.3, 0.4) is 0 Å². The van der Waals surface area contributed by atoms with Gasteiger partial charge in [-0.3, -0.25) is 0 Å². The maximum atomic E-state index is 4.45. The molecule has 3 aliphatic rings. The number of hydrogen-bond donors (Lipinski definition) is 1. The lowest BCUT2D eigenvalue weighted by Crippen LogP contribution is -2.21. The molecule has 1 N–H and O–H groups in total. The molecule has 3 fully saturated rings. The van der Waals surface area contributed by atoms with E-state index in [1.807, 2.05) is 6.20 Å². The van der Waals surface area contributed by atoms with Gasteiger partial charge in [-0.1, -0.05) is 6.42 Å². The molecule has 17 heavy (non-hydrogen) atoms. The topological polar surface area (TPSA) is 29.9 Å². The molecule has 3 saturated carbocycles. The predicted molar refractivity (Wildman–Crippen MR) is 67.9 cm³/mol. The van der Waals surface area contributed by atoms with E-state index in [9.17, 15) is 0 Å². The Hall–Kier alpha value is -0.990. The molecule has 0 amide bonds. The summed E-state index contributed by atoms with van der Waals surface area (Å²) in [5, 5.41) is 3.59. The Kier molecular flexibility index (Phi) is 2.20. The quantitative estimate of drug-likeness (QED) is 0.863. The average molecular weight is 231 g/mol. The largest absolute Gasteiger partial charge is 0.355 e. The van der Waals surface area contributed by atoms with Crippen LogP contribution in [-0.4, -0.2) is 16.1 Å². The molecule has 3 nitrogen and oxygen atoms in total. The number of nitrogens with one attached hydrogen (secondary N) is 1. The first-order valence-corrected chi connectivity index (χ1v) is 7.17. The van der Waals surface area contributed by atoms with E-state index in [-0.39, 0.29) is 0 Å². The third-order valence-corrected chi connectivity index (χ3v) is 5.02. The summed E-state index contributed by atoms with van der Waals surface area (Å²) >= 11 is 0. The fourth-order valence-corrected chi connectivity index (χ4v) is 3.95. The Morgan fingerprint density at radius 2 is 2.18 bits per heavy atom. The molecular weight excluding hydrogens is 210 g/mol. The molecule has 3 atom stereocenters. The summed E-state index contributed by atoms with van der Waals surface area (Å²) in [5.41, 5.74) is 0. The van der Waals surface area contributed by atoms with E-state index >= 15 is 0 Å². The Bertz CT molecular complexity index is 407. The lowest BCUT2D eigenvalue weighted by atomic mass is 9.89. The molecule has 3 heteroatoms. The van der Waals surface area contributed by atoms with Crippen LogP contribution in [0.15, 0.2) is 12.4 Å². The molecule has 92 valence electrons. The van der Waals surface area contributed by atoms with E-state index in [1.54, 1.807) is 0 Å². The fraction of sp³-hybridized carbons (Fsp3) is 0.786. The van der Waals surface area contributed by atoms with Gasteiger partial charge in [-0.05, 0) is 49.9 Å². The van der Waals surface area contributed by atoms with Crippen LogP contribution in [-0.2, 0) is 0 Å². The van der Waals surface area contributed by atoms with Crippen LogP contribution in [0, 0.1) is 17.8 Å². The van der Waals surface area contributed by atoms with Gasteiger partial charge in [-0.15, -0.1) is 0 Å². The zero-order valence-corrected chi connectivity index (χ0v) is 10.3. The van der Waals surface area contributed by atoms with Crippen molar-refractivity contribution in [3.8, 4) is 0 Å². The lowest BCUT2D eigenvalue weighted by Gasteiger charge is -2.22. The first kappa shape index (κ1) is 9.98. The molecule has 1 aromatic rings. The standard InChI is InChI=1S/C14H21N3/c1-2-11-7-10(1)8-12(11)9-16-14-15-5-6-17(14)13-3-4-13/h5-6,10-13H,1-4,7-9H2,(H,15,16). The van der Waals surface area contributed by atoms with Crippen molar-refractivity contribution < 1.29 is 0 Å². The molecule has 0 radical (unpaired) electrons. The molecule has 3 aliphatic carbocycles. The van der Waals surface area contributed by atoms with Gasteiger partial charge in [0, 0.05) is 25.0 Å². The summed E-state index contributed by atoms with van der Waals surface area (Å²) < 4.78 is 2.33. The Morgan fingerprint density at radius 3 is 2.88 bits per heavy atom. The van der Waals surface area contributed by atoms with Gasteiger partial charge in [0.25, 0.3) is 0 Å². The Morgan fingerprint density at radius 1 is 1.24 bits per heavy atom. The highest BCUT2D eigenvalue weighted by Crippen LogP contribution is 2.48. The molecule has 0 spiro atoms. The normalized spacial score (nSPS) is 35.4. The van der Waals surface area contributed by atoms with Gasteiger partial charge in [-0.25, -0.2) is 4.98 Å². The minimum Gasteiger partial charge on any atom is -0.355 e. The van der Waals surface area contributed by atoms with Crippen LogP contribution in [0.1, 0.15) is 44.6 Å². The van der Waals surface area contributed by atoms with Crippen molar-refractivity contribution >= 4 is 5.95 Å². The molecule has 2 bridgehead atoms. The third-order valence-electron chi connectivity index (χ3n) is 5.02. The van der Waals surface area contributed by atoms with Gasteiger partial charge >= 0.3 is 0 Å². The van der Waals surface area contributed by atoms with E-state index in [0.717, 1.165) is 36.3 Å². The molecule has 0 aromatic carbocycles. The Balaban J connectivity index is 1.39. The molecule has 1 aromatic heterocycles. The van der Waals surface area contributed by atoms with Gasteiger partial charge < -0.3 is 9.88 Å². The van der Waals surface area contributed by atoms with E-state index in [2.05, 4.69) is 21.1 Å². The highest BCUT2D eigenvalue weighted by Gasteiger charge is 2.39. The van der Waals surface area contributed by atoms with Crippen molar-refractivity contribution in [3.05, 3.63) is 12.4 Å². The maximum absolute atomic E-state index is 4.45. The number of rotatable bonds is 4. The van der Waals surface area contributed by atoms with Crippen molar-refractivity contribution in [2.24, 2.45) is 17.8 Å². The van der Waals surface area contributed by atoms with Crippen molar-refractivity contribution in [2.45, 2.75) is 44.6 Å². The lowest BCUT2D eigenvalue weighted by molar-refractivity contribution is 0.347. The van der Waals surface area contributed by atoms with Crippen LogP contribution in [0.4, 0.5) is 5.95 Å². The molecule has 3 unspecified atom stereocenters. The van der Waals surface area contributed by atoms with Crippen molar-refractivity contribution in [2.75, 3.05) is 11.9 Å². The smallest absolute Gasteiger partial charge is 0.203 e. The first-order chi connectivity index (χ1) is 8.40. The number of aromatic nitrogens is 2. The third kappa shape index (κ3) is 1.76. The van der Waals surface area contributed by atoms with Crippen molar-refractivity contribution in [1.82, 2.24) is 9.55 Å². The first-order valence-electron chi connectivity index (χ1n) is 7.17. The molecule has 0 aliphatic heterocycles. The monoisotopic (exact) mass is 231 g/mol. The molecule has 0 saturated heterocycles. The van der Waals surface area contributed by atoms with Crippen LogP contribution in [0.2, 0.25) is 0 Å². The zero-order chi connectivity index (χ0) is 11.2. The van der Waals surface area contributed by atoms with Gasteiger partial charge in [-0.2, -0.15) is 0 Å². The molecule has 4 rings (SSSR count).